The van der Waals surface area contributed by atoms with Gasteiger partial charge in [0.2, 0.25) is 5.95 Å². The minimum atomic E-state index is -0.248. The first kappa shape index (κ1) is 27.6. The molecule has 204 valence electrons. The van der Waals surface area contributed by atoms with Crippen molar-refractivity contribution in [2.45, 2.75) is 47.0 Å². The number of carbonyl (C=O) groups excluding carboxylic acids is 1. The van der Waals surface area contributed by atoms with Crippen molar-refractivity contribution in [2.24, 2.45) is 0 Å². The second-order valence-electron chi connectivity index (χ2n) is 10.7. The van der Waals surface area contributed by atoms with Crippen LogP contribution in [0.2, 0.25) is 0 Å². The fourth-order valence-electron chi connectivity index (χ4n) is 4.31. The minimum Gasteiger partial charge on any atom is -0.398 e. The van der Waals surface area contributed by atoms with Gasteiger partial charge in [-0.2, -0.15) is 4.98 Å². The number of nitrogens with one attached hydrogen (secondary N) is 3. The number of amides is 2. The van der Waals surface area contributed by atoms with Crippen molar-refractivity contribution in [3.8, 4) is 0 Å². The quantitative estimate of drug-likeness (QED) is 0.225. The van der Waals surface area contributed by atoms with Crippen LogP contribution in [-0.4, -0.2) is 40.6 Å². The molecule has 9 heteroatoms. The van der Waals surface area contributed by atoms with E-state index in [0.29, 0.717) is 37.1 Å². The van der Waals surface area contributed by atoms with Crippen LogP contribution in [-0.2, 0) is 5.41 Å². The van der Waals surface area contributed by atoms with E-state index in [1.165, 1.54) is 5.56 Å². The van der Waals surface area contributed by atoms with Crippen molar-refractivity contribution >= 4 is 45.8 Å². The van der Waals surface area contributed by atoms with E-state index in [4.69, 9.17) is 10.7 Å². The molecule has 0 unspecified atom stereocenters. The first-order valence-corrected chi connectivity index (χ1v) is 13.2. The zero-order valence-electron chi connectivity index (χ0n) is 23.6. The summed E-state index contributed by atoms with van der Waals surface area (Å²) in [5.41, 5.74) is 12.4. The number of nitrogens with zero attached hydrogens (tertiary/aromatic N) is 4. The van der Waals surface area contributed by atoms with Crippen molar-refractivity contribution in [1.29, 1.82) is 0 Å². The van der Waals surface area contributed by atoms with Crippen molar-refractivity contribution in [3.63, 3.8) is 0 Å². The molecule has 0 saturated heterocycles. The van der Waals surface area contributed by atoms with E-state index in [1.54, 1.807) is 0 Å². The molecule has 0 fully saturated rings. The summed E-state index contributed by atoms with van der Waals surface area (Å²) in [7, 11) is 0. The van der Waals surface area contributed by atoms with Crippen molar-refractivity contribution in [2.75, 3.05) is 40.9 Å². The molecule has 0 aliphatic heterocycles. The highest BCUT2D eigenvalue weighted by Gasteiger charge is 2.14. The number of fused-ring (bicyclic) bond motifs is 1. The van der Waals surface area contributed by atoms with E-state index < -0.39 is 0 Å². The number of nitrogen functional groups attached to an aromatic ring is 1. The van der Waals surface area contributed by atoms with Gasteiger partial charge in [-0.1, -0.05) is 32.9 Å². The molecule has 4 aromatic rings. The van der Waals surface area contributed by atoms with Gasteiger partial charge in [0.25, 0.3) is 0 Å². The van der Waals surface area contributed by atoms with E-state index in [0.717, 1.165) is 33.7 Å². The molecule has 2 aromatic heterocycles. The van der Waals surface area contributed by atoms with Gasteiger partial charge in [-0.3, -0.25) is 4.98 Å². The molecule has 2 amide bonds. The molecule has 0 aliphatic carbocycles. The lowest BCUT2D eigenvalue weighted by Gasteiger charge is -2.22. The maximum absolute atomic E-state index is 12.5. The molecule has 5 N–H and O–H groups in total. The van der Waals surface area contributed by atoms with Gasteiger partial charge >= 0.3 is 6.03 Å². The first-order chi connectivity index (χ1) is 18.5. The maximum atomic E-state index is 12.5. The average Bonchev–Trinajstić information content (AvgIpc) is 2.86. The number of carbonyl (C=O) groups is 1. The number of aromatic nitrogens is 3. The molecule has 4 rings (SSSR count). The number of benzene rings is 2. The topological polar surface area (TPSA) is 121 Å². The molecular formula is C30H38N8O. The molecule has 39 heavy (non-hydrogen) atoms. The molecule has 9 nitrogen and oxygen atoms in total. The van der Waals surface area contributed by atoms with Crippen LogP contribution >= 0.6 is 0 Å². The zero-order chi connectivity index (χ0) is 28.2. The zero-order valence-corrected chi connectivity index (χ0v) is 23.6. The molecular weight excluding hydrogens is 488 g/mol. The smallest absolute Gasteiger partial charge is 0.319 e. The number of hydrogen-bond donors (Lipinski definition) is 4. The standard InChI is InChI=1S/C30H38N8O/c1-7-38(15-14-32-29(39)36-22-10-8-21(9-11-22)30(4,5)6)28-34-20(3)17-27(37-28)35-23-12-13-26-24(18-23)25(31)16-19(2)33-26/h8-13,16-18H,7,14-15H2,1-6H3,(H2,31,33)(H2,32,36,39)(H,34,35,37). The molecule has 0 saturated carbocycles. The van der Waals surface area contributed by atoms with Crippen LogP contribution in [0.3, 0.4) is 0 Å². The summed E-state index contributed by atoms with van der Waals surface area (Å²) in [6.45, 7) is 14.1. The summed E-state index contributed by atoms with van der Waals surface area (Å²) in [5, 5.41) is 10.1. The van der Waals surface area contributed by atoms with Crippen molar-refractivity contribution in [3.05, 3.63) is 71.5 Å². The van der Waals surface area contributed by atoms with E-state index in [2.05, 4.69) is 46.7 Å². The summed E-state index contributed by atoms with van der Waals surface area (Å²) in [6, 6.07) is 17.3. The molecule has 0 aliphatic rings. The van der Waals surface area contributed by atoms with E-state index >= 15 is 0 Å². The van der Waals surface area contributed by atoms with E-state index in [-0.39, 0.29) is 11.4 Å². The minimum absolute atomic E-state index is 0.0673. The fourth-order valence-corrected chi connectivity index (χ4v) is 4.31. The third-order valence-electron chi connectivity index (χ3n) is 6.42. The SMILES string of the molecule is CCN(CCNC(=O)Nc1ccc(C(C)(C)C)cc1)c1nc(C)cc(Nc2ccc3nc(C)cc(N)c3c2)n1. The second kappa shape index (κ2) is 11.6. The summed E-state index contributed by atoms with van der Waals surface area (Å²) in [5.74, 6) is 1.27. The summed E-state index contributed by atoms with van der Waals surface area (Å²) >= 11 is 0. The van der Waals surface area contributed by atoms with Crippen LogP contribution < -0.4 is 26.6 Å². The Labute approximate surface area is 230 Å². The van der Waals surface area contributed by atoms with Gasteiger partial charge in [0.05, 0.1) is 5.52 Å². The Bertz CT molecular complexity index is 1460. The molecule has 0 atom stereocenters. The van der Waals surface area contributed by atoms with Gasteiger partial charge in [-0.15, -0.1) is 0 Å². The number of rotatable bonds is 8. The molecule has 0 bridgehead atoms. The predicted octanol–water partition coefficient (Wildman–Crippen LogP) is 5.91. The Kier molecular flexibility index (Phi) is 8.18. The van der Waals surface area contributed by atoms with Crippen molar-refractivity contribution < 1.29 is 4.79 Å². The normalized spacial score (nSPS) is 11.3. The van der Waals surface area contributed by atoms with Crippen LogP contribution in [0.1, 0.15) is 44.6 Å². The number of pyridine rings is 1. The highest BCUT2D eigenvalue weighted by molar-refractivity contribution is 5.93. The Morgan fingerprint density at radius 2 is 1.62 bits per heavy atom. The van der Waals surface area contributed by atoms with Crippen LogP contribution in [0.15, 0.2) is 54.6 Å². The third-order valence-corrected chi connectivity index (χ3v) is 6.42. The van der Waals surface area contributed by atoms with Crippen LogP contribution in [0.25, 0.3) is 10.9 Å². The maximum Gasteiger partial charge on any atom is 0.319 e. The number of urea groups is 1. The van der Waals surface area contributed by atoms with E-state index in [1.807, 2.05) is 80.3 Å². The Morgan fingerprint density at radius 1 is 0.923 bits per heavy atom. The van der Waals surface area contributed by atoms with Gasteiger partial charge in [0, 0.05) is 59.5 Å². The highest BCUT2D eigenvalue weighted by Crippen LogP contribution is 2.26. The third kappa shape index (κ3) is 7.13. The average molecular weight is 527 g/mol. The summed E-state index contributed by atoms with van der Waals surface area (Å²) in [4.78, 5) is 28.4. The summed E-state index contributed by atoms with van der Waals surface area (Å²) < 4.78 is 0. The van der Waals surface area contributed by atoms with Gasteiger partial charge in [0.15, 0.2) is 0 Å². The molecule has 2 aromatic carbocycles. The highest BCUT2D eigenvalue weighted by atomic mass is 16.2. The van der Waals surface area contributed by atoms with Gasteiger partial charge < -0.3 is 26.6 Å². The van der Waals surface area contributed by atoms with Gasteiger partial charge in [-0.25, -0.2) is 9.78 Å². The first-order valence-electron chi connectivity index (χ1n) is 13.2. The van der Waals surface area contributed by atoms with Gasteiger partial charge in [0.1, 0.15) is 5.82 Å². The lowest BCUT2D eigenvalue weighted by atomic mass is 9.87. The summed E-state index contributed by atoms with van der Waals surface area (Å²) in [6.07, 6.45) is 0. The number of anilines is 5. The Hall–Kier alpha value is -4.40. The number of hydrogen-bond acceptors (Lipinski definition) is 7. The Morgan fingerprint density at radius 3 is 2.31 bits per heavy atom. The molecule has 0 spiro atoms. The van der Waals surface area contributed by atoms with E-state index in [9.17, 15) is 4.79 Å². The monoisotopic (exact) mass is 526 g/mol. The van der Waals surface area contributed by atoms with Crippen LogP contribution in [0.5, 0.6) is 0 Å². The van der Waals surface area contributed by atoms with Crippen LogP contribution in [0, 0.1) is 13.8 Å². The lowest BCUT2D eigenvalue weighted by molar-refractivity contribution is 0.252. The second-order valence-corrected chi connectivity index (χ2v) is 10.7. The number of nitrogens with two attached hydrogens (primary N) is 1. The number of likely N-dealkylation sites (N-methyl/N-ethyl adjacent to an activating group) is 1. The number of aryl methyl sites for hydroxylation is 2. The van der Waals surface area contributed by atoms with Crippen molar-refractivity contribution in [1.82, 2.24) is 20.3 Å². The molecule has 2 heterocycles. The fraction of sp³-hybridized carbons (Fsp3) is 0.333. The van der Waals surface area contributed by atoms with Crippen LogP contribution in [0.4, 0.5) is 33.6 Å². The van der Waals surface area contributed by atoms with Gasteiger partial charge in [-0.05, 0) is 68.1 Å². The Balaban J connectivity index is 1.38. The molecule has 0 radical (unpaired) electrons. The predicted molar refractivity (Wildman–Crippen MR) is 161 cm³/mol. The lowest BCUT2D eigenvalue weighted by Crippen LogP contribution is -2.37. The largest absolute Gasteiger partial charge is 0.398 e.